The number of aryl methyl sites for hydroxylation is 1. The van der Waals surface area contributed by atoms with Crippen LogP contribution in [0.1, 0.15) is 29.9 Å². The van der Waals surface area contributed by atoms with Crippen molar-refractivity contribution in [3.05, 3.63) is 59.6 Å². The number of hydrogen-bond acceptors (Lipinski definition) is 4. The molecular formula is C18H18N2O2. The van der Waals surface area contributed by atoms with Crippen LogP contribution in [0.5, 0.6) is 5.75 Å². The second-order valence-electron chi connectivity index (χ2n) is 5.96. The van der Waals surface area contributed by atoms with Crippen LogP contribution in [-0.4, -0.2) is 4.98 Å². The van der Waals surface area contributed by atoms with Gasteiger partial charge in [0.1, 0.15) is 23.7 Å². The fraction of sp³-hybridized carbons (Fsp3) is 0.278. The highest BCUT2D eigenvalue weighted by atomic mass is 16.5. The van der Waals surface area contributed by atoms with E-state index in [4.69, 9.17) is 14.9 Å². The fourth-order valence-electron chi connectivity index (χ4n) is 2.93. The number of pyridine rings is 1. The molecule has 0 amide bonds. The van der Waals surface area contributed by atoms with Crippen molar-refractivity contribution >= 4 is 11.0 Å². The van der Waals surface area contributed by atoms with Crippen LogP contribution in [-0.2, 0) is 12.1 Å². The number of ether oxygens (including phenoxy) is 1. The Morgan fingerprint density at radius 2 is 2.14 bits per heavy atom. The highest BCUT2D eigenvalue weighted by molar-refractivity contribution is 5.85. The lowest BCUT2D eigenvalue weighted by atomic mass is 10.0. The van der Waals surface area contributed by atoms with E-state index < -0.39 is 0 Å². The summed E-state index contributed by atoms with van der Waals surface area (Å²) in [5.74, 6) is 1.72. The molecule has 2 aromatic heterocycles. The van der Waals surface area contributed by atoms with Crippen molar-refractivity contribution in [3.8, 4) is 5.75 Å². The maximum absolute atomic E-state index is 6.38. The van der Waals surface area contributed by atoms with E-state index in [2.05, 4.69) is 4.98 Å². The third-order valence-corrected chi connectivity index (χ3v) is 4.23. The Morgan fingerprint density at radius 3 is 2.86 bits per heavy atom. The molecule has 0 radical (unpaired) electrons. The highest BCUT2D eigenvalue weighted by Crippen LogP contribution is 2.48. The molecule has 112 valence electrons. The molecule has 0 saturated heterocycles. The zero-order chi connectivity index (χ0) is 15.2. The molecule has 2 heterocycles. The van der Waals surface area contributed by atoms with Crippen LogP contribution in [0.3, 0.4) is 0 Å². The number of aromatic nitrogens is 1. The van der Waals surface area contributed by atoms with E-state index in [0.29, 0.717) is 6.61 Å². The van der Waals surface area contributed by atoms with Crippen molar-refractivity contribution in [1.29, 1.82) is 0 Å². The van der Waals surface area contributed by atoms with Crippen molar-refractivity contribution in [2.45, 2.75) is 31.9 Å². The number of nitrogens with two attached hydrogens (primary N) is 1. The maximum Gasteiger partial charge on any atom is 0.134 e. The normalized spacial score (nSPS) is 15.9. The summed E-state index contributed by atoms with van der Waals surface area (Å²) >= 11 is 0. The standard InChI is InChI=1S/C18H18N2O2/c1-12-17(18(19)7-8-18)15-10-14(5-6-16(15)22-12)21-11-13-4-2-3-9-20-13/h2-6,9-10H,7-8,11,19H2,1H3. The average molecular weight is 294 g/mol. The Labute approximate surface area is 128 Å². The molecule has 1 aliphatic carbocycles. The van der Waals surface area contributed by atoms with Gasteiger partial charge in [0, 0.05) is 22.7 Å². The van der Waals surface area contributed by atoms with Gasteiger partial charge < -0.3 is 14.9 Å². The van der Waals surface area contributed by atoms with Gasteiger partial charge in [-0.25, -0.2) is 0 Å². The summed E-state index contributed by atoms with van der Waals surface area (Å²) in [6.07, 6.45) is 3.80. The summed E-state index contributed by atoms with van der Waals surface area (Å²) in [6, 6.07) is 11.7. The Bertz CT molecular complexity index is 820. The molecule has 0 unspecified atom stereocenters. The Balaban J connectivity index is 1.65. The van der Waals surface area contributed by atoms with Gasteiger partial charge in [0.15, 0.2) is 0 Å². The van der Waals surface area contributed by atoms with Crippen molar-refractivity contribution in [2.75, 3.05) is 0 Å². The van der Waals surface area contributed by atoms with Gasteiger partial charge >= 0.3 is 0 Å². The van der Waals surface area contributed by atoms with E-state index >= 15 is 0 Å². The lowest BCUT2D eigenvalue weighted by Gasteiger charge is -2.09. The maximum atomic E-state index is 6.38. The first-order chi connectivity index (χ1) is 10.7. The first kappa shape index (κ1) is 13.3. The zero-order valence-electron chi connectivity index (χ0n) is 12.5. The van der Waals surface area contributed by atoms with Gasteiger partial charge in [0.2, 0.25) is 0 Å². The number of rotatable bonds is 4. The molecule has 2 N–H and O–H groups in total. The fourth-order valence-corrected chi connectivity index (χ4v) is 2.93. The molecule has 4 rings (SSSR count). The van der Waals surface area contributed by atoms with Crippen molar-refractivity contribution < 1.29 is 9.15 Å². The number of nitrogens with zero attached hydrogens (tertiary/aromatic N) is 1. The van der Waals surface area contributed by atoms with Gasteiger partial charge in [-0.1, -0.05) is 6.07 Å². The minimum Gasteiger partial charge on any atom is -0.487 e. The van der Waals surface area contributed by atoms with Crippen LogP contribution in [0.15, 0.2) is 47.0 Å². The summed E-state index contributed by atoms with van der Waals surface area (Å²) in [7, 11) is 0. The second-order valence-corrected chi connectivity index (χ2v) is 5.96. The van der Waals surface area contributed by atoms with E-state index in [1.807, 2.05) is 43.3 Å². The molecular weight excluding hydrogens is 276 g/mol. The first-order valence-corrected chi connectivity index (χ1v) is 7.51. The number of benzene rings is 1. The Morgan fingerprint density at radius 1 is 1.27 bits per heavy atom. The smallest absolute Gasteiger partial charge is 0.134 e. The van der Waals surface area contributed by atoms with Gasteiger partial charge in [0.25, 0.3) is 0 Å². The molecule has 0 spiro atoms. The van der Waals surface area contributed by atoms with Gasteiger partial charge in [-0.05, 0) is 50.1 Å². The van der Waals surface area contributed by atoms with Gasteiger partial charge in [-0.2, -0.15) is 0 Å². The lowest BCUT2D eigenvalue weighted by Crippen LogP contribution is -2.19. The Kier molecular flexibility index (Phi) is 2.94. The lowest BCUT2D eigenvalue weighted by molar-refractivity contribution is 0.301. The third kappa shape index (κ3) is 2.25. The molecule has 0 bridgehead atoms. The molecule has 4 heteroatoms. The van der Waals surface area contributed by atoms with E-state index in [9.17, 15) is 0 Å². The highest BCUT2D eigenvalue weighted by Gasteiger charge is 2.43. The summed E-state index contributed by atoms with van der Waals surface area (Å²) in [6.45, 7) is 2.43. The van der Waals surface area contributed by atoms with Crippen LogP contribution in [0.4, 0.5) is 0 Å². The second kappa shape index (κ2) is 4.85. The molecule has 1 aliphatic rings. The summed E-state index contributed by atoms with van der Waals surface area (Å²) < 4.78 is 11.7. The monoisotopic (exact) mass is 294 g/mol. The number of furan rings is 1. The van der Waals surface area contributed by atoms with Gasteiger partial charge in [-0.3, -0.25) is 4.98 Å². The summed E-state index contributed by atoms with van der Waals surface area (Å²) in [5.41, 5.74) is 9.08. The molecule has 1 aromatic carbocycles. The van der Waals surface area contributed by atoms with E-state index in [0.717, 1.165) is 46.6 Å². The molecule has 1 fully saturated rings. The quantitative estimate of drug-likeness (QED) is 0.797. The SMILES string of the molecule is Cc1oc2ccc(OCc3ccccn3)cc2c1C1(N)CC1. The minimum atomic E-state index is -0.213. The molecule has 3 aromatic rings. The summed E-state index contributed by atoms with van der Waals surface area (Å²) in [4.78, 5) is 4.26. The van der Waals surface area contributed by atoms with E-state index in [-0.39, 0.29) is 5.54 Å². The van der Waals surface area contributed by atoms with E-state index in [1.165, 1.54) is 0 Å². The van der Waals surface area contributed by atoms with Crippen LogP contribution in [0.25, 0.3) is 11.0 Å². The third-order valence-electron chi connectivity index (χ3n) is 4.23. The van der Waals surface area contributed by atoms with Crippen LogP contribution in [0, 0.1) is 6.92 Å². The van der Waals surface area contributed by atoms with Crippen molar-refractivity contribution in [1.82, 2.24) is 4.98 Å². The molecule has 22 heavy (non-hydrogen) atoms. The summed E-state index contributed by atoms with van der Waals surface area (Å²) in [5, 5.41) is 1.07. The average Bonchev–Trinajstić information content (AvgIpc) is 3.17. The molecule has 0 atom stereocenters. The number of fused-ring (bicyclic) bond motifs is 1. The zero-order valence-corrected chi connectivity index (χ0v) is 12.5. The topological polar surface area (TPSA) is 61.3 Å². The van der Waals surface area contributed by atoms with E-state index in [1.54, 1.807) is 6.20 Å². The van der Waals surface area contributed by atoms with Crippen molar-refractivity contribution in [3.63, 3.8) is 0 Å². The predicted octanol–water partition coefficient (Wildman–Crippen LogP) is 3.66. The molecule has 4 nitrogen and oxygen atoms in total. The largest absolute Gasteiger partial charge is 0.487 e. The molecule has 1 saturated carbocycles. The van der Waals surface area contributed by atoms with Crippen LogP contribution in [0.2, 0.25) is 0 Å². The number of hydrogen-bond donors (Lipinski definition) is 1. The minimum absolute atomic E-state index is 0.213. The van der Waals surface area contributed by atoms with Crippen molar-refractivity contribution in [2.24, 2.45) is 5.73 Å². The predicted molar refractivity (Wildman–Crippen MR) is 84.6 cm³/mol. The first-order valence-electron chi connectivity index (χ1n) is 7.51. The Hall–Kier alpha value is -2.33. The van der Waals surface area contributed by atoms with Crippen LogP contribution >= 0.6 is 0 Å². The van der Waals surface area contributed by atoms with Gasteiger partial charge in [-0.15, -0.1) is 0 Å². The van der Waals surface area contributed by atoms with Crippen LogP contribution < -0.4 is 10.5 Å². The molecule has 0 aliphatic heterocycles. The van der Waals surface area contributed by atoms with Gasteiger partial charge in [0.05, 0.1) is 5.69 Å².